The quantitative estimate of drug-likeness (QED) is 0.848. The lowest BCUT2D eigenvalue weighted by Crippen LogP contribution is -2.15. The molecule has 0 aliphatic heterocycles. The average Bonchev–Trinajstić information content (AvgIpc) is 2.01. The van der Waals surface area contributed by atoms with Gasteiger partial charge in [0.1, 0.15) is 5.82 Å². The molecule has 1 aromatic rings. The lowest BCUT2D eigenvalue weighted by molar-refractivity contribution is 0.208. The van der Waals surface area contributed by atoms with Crippen LogP contribution in [-0.4, -0.2) is 17.8 Å². The van der Waals surface area contributed by atoms with Crippen LogP contribution in [-0.2, 0) is 0 Å². The highest BCUT2D eigenvalue weighted by Crippen LogP contribution is 2.31. The third kappa shape index (κ3) is 3.01. The minimum absolute atomic E-state index is 0.204. The van der Waals surface area contributed by atoms with E-state index in [0.717, 1.165) is 12.1 Å². The van der Waals surface area contributed by atoms with Crippen LogP contribution in [0.4, 0.5) is 10.1 Å². The normalized spacial score (nSPS) is 12.6. The molecule has 14 heavy (non-hydrogen) atoms. The molecule has 0 amide bonds. The van der Waals surface area contributed by atoms with Gasteiger partial charge in [0.05, 0.1) is 21.8 Å². The Balaban J connectivity index is 2.86. The first kappa shape index (κ1) is 11.6. The maximum absolute atomic E-state index is 12.8. The summed E-state index contributed by atoms with van der Waals surface area (Å²) in [7, 11) is 0. The topological polar surface area (TPSA) is 32.3 Å². The number of hydrogen-bond acceptors (Lipinski definition) is 2. The molecule has 0 spiro atoms. The molecule has 0 aliphatic rings. The summed E-state index contributed by atoms with van der Waals surface area (Å²) >= 11 is 11.5. The fraction of sp³-hybridized carbons (Fsp3) is 0.333. The predicted molar refractivity (Wildman–Crippen MR) is 56.6 cm³/mol. The molecule has 5 heteroatoms. The van der Waals surface area contributed by atoms with Gasteiger partial charge in [-0.1, -0.05) is 23.2 Å². The van der Waals surface area contributed by atoms with Crippen molar-refractivity contribution in [3.63, 3.8) is 0 Å². The zero-order chi connectivity index (χ0) is 10.7. The van der Waals surface area contributed by atoms with Gasteiger partial charge in [0.2, 0.25) is 0 Å². The molecule has 2 nitrogen and oxygen atoms in total. The van der Waals surface area contributed by atoms with Gasteiger partial charge < -0.3 is 10.4 Å². The van der Waals surface area contributed by atoms with Crippen molar-refractivity contribution >= 4 is 28.9 Å². The van der Waals surface area contributed by atoms with Crippen LogP contribution < -0.4 is 5.32 Å². The van der Waals surface area contributed by atoms with Gasteiger partial charge in [0.15, 0.2) is 0 Å². The number of benzene rings is 1. The third-order valence-corrected chi connectivity index (χ3v) is 2.18. The van der Waals surface area contributed by atoms with Gasteiger partial charge in [-0.15, -0.1) is 0 Å². The van der Waals surface area contributed by atoms with Crippen molar-refractivity contribution in [3.05, 3.63) is 28.0 Å². The van der Waals surface area contributed by atoms with Crippen molar-refractivity contribution in [2.45, 2.75) is 13.0 Å². The zero-order valence-electron chi connectivity index (χ0n) is 7.52. The Morgan fingerprint density at radius 2 is 1.93 bits per heavy atom. The Hall–Kier alpha value is -0.510. The summed E-state index contributed by atoms with van der Waals surface area (Å²) in [5, 5.41) is 12.3. The summed E-state index contributed by atoms with van der Waals surface area (Å²) in [6.45, 7) is 1.93. The minimum atomic E-state index is -0.521. The third-order valence-electron chi connectivity index (χ3n) is 1.58. The molecule has 0 bridgehead atoms. The molecule has 0 radical (unpaired) electrons. The standard InChI is InChI=1S/C9H10Cl2FNO/c1-5(14)4-13-9-7(10)2-6(12)3-8(9)11/h2-3,5,13-14H,4H2,1H3. The van der Waals surface area contributed by atoms with E-state index in [1.54, 1.807) is 6.92 Å². The van der Waals surface area contributed by atoms with Gasteiger partial charge in [-0.05, 0) is 19.1 Å². The zero-order valence-corrected chi connectivity index (χ0v) is 9.03. The average molecular weight is 238 g/mol. The summed E-state index contributed by atoms with van der Waals surface area (Å²) < 4.78 is 12.8. The van der Waals surface area contributed by atoms with Crippen LogP contribution in [0.1, 0.15) is 6.92 Å². The van der Waals surface area contributed by atoms with Gasteiger partial charge in [-0.2, -0.15) is 0 Å². The van der Waals surface area contributed by atoms with E-state index >= 15 is 0 Å². The summed E-state index contributed by atoms with van der Waals surface area (Å²) in [6.07, 6.45) is -0.521. The second-order valence-corrected chi connectivity index (χ2v) is 3.79. The van der Waals surface area contributed by atoms with Gasteiger partial charge in [0.25, 0.3) is 0 Å². The molecule has 0 saturated carbocycles. The maximum Gasteiger partial charge on any atom is 0.126 e. The van der Waals surface area contributed by atoms with E-state index in [1.807, 2.05) is 0 Å². The predicted octanol–water partition coefficient (Wildman–Crippen LogP) is 2.93. The highest BCUT2D eigenvalue weighted by atomic mass is 35.5. The molecule has 0 aromatic heterocycles. The van der Waals surface area contributed by atoms with Crippen LogP contribution in [0.15, 0.2) is 12.1 Å². The fourth-order valence-electron chi connectivity index (χ4n) is 0.961. The van der Waals surface area contributed by atoms with E-state index in [1.165, 1.54) is 0 Å². The number of aliphatic hydroxyl groups is 1. The molecule has 1 rings (SSSR count). The molecular weight excluding hydrogens is 228 g/mol. The molecule has 78 valence electrons. The van der Waals surface area contributed by atoms with E-state index in [2.05, 4.69) is 5.32 Å². The number of aliphatic hydroxyl groups excluding tert-OH is 1. The summed E-state index contributed by atoms with van der Waals surface area (Å²) in [5.41, 5.74) is 0.440. The first-order valence-corrected chi connectivity index (χ1v) is 4.82. The number of nitrogens with one attached hydrogen (secondary N) is 1. The summed E-state index contributed by atoms with van der Waals surface area (Å²) in [5.74, 6) is -0.484. The number of anilines is 1. The van der Waals surface area contributed by atoms with Crippen LogP contribution in [0.2, 0.25) is 10.0 Å². The van der Waals surface area contributed by atoms with E-state index in [4.69, 9.17) is 28.3 Å². The molecule has 0 aliphatic carbocycles. The van der Waals surface area contributed by atoms with Crippen molar-refractivity contribution in [1.29, 1.82) is 0 Å². The van der Waals surface area contributed by atoms with Crippen LogP contribution >= 0.6 is 23.2 Å². The van der Waals surface area contributed by atoms with Crippen LogP contribution in [0, 0.1) is 5.82 Å². The molecule has 0 heterocycles. The smallest absolute Gasteiger partial charge is 0.126 e. The Bertz CT molecular complexity index is 308. The molecule has 2 N–H and O–H groups in total. The van der Waals surface area contributed by atoms with Crippen molar-refractivity contribution in [1.82, 2.24) is 0 Å². The fourth-order valence-corrected chi connectivity index (χ4v) is 1.55. The summed E-state index contributed by atoms with van der Waals surface area (Å²) in [6, 6.07) is 2.33. The lowest BCUT2D eigenvalue weighted by Gasteiger charge is -2.11. The minimum Gasteiger partial charge on any atom is -0.392 e. The lowest BCUT2D eigenvalue weighted by atomic mass is 10.3. The summed E-state index contributed by atoms with van der Waals surface area (Å²) in [4.78, 5) is 0. The van der Waals surface area contributed by atoms with Crippen molar-refractivity contribution < 1.29 is 9.50 Å². The van der Waals surface area contributed by atoms with Crippen molar-refractivity contribution in [2.24, 2.45) is 0 Å². The first-order chi connectivity index (χ1) is 6.50. The Morgan fingerprint density at radius 1 is 1.43 bits per heavy atom. The van der Waals surface area contributed by atoms with Gasteiger partial charge in [0, 0.05) is 6.54 Å². The SMILES string of the molecule is CC(O)CNc1c(Cl)cc(F)cc1Cl. The van der Waals surface area contributed by atoms with Crippen LogP contribution in [0.5, 0.6) is 0 Å². The molecule has 0 saturated heterocycles. The van der Waals surface area contributed by atoms with Crippen molar-refractivity contribution in [3.8, 4) is 0 Å². The van der Waals surface area contributed by atoms with Crippen molar-refractivity contribution in [2.75, 3.05) is 11.9 Å². The monoisotopic (exact) mass is 237 g/mol. The van der Waals surface area contributed by atoms with Crippen LogP contribution in [0.3, 0.4) is 0 Å². The number of halogens is 3. The Kier molecular flexibility index (Phi) is 3.98. The van der Waals surface area contributed by atoms with Gasteiger partial charge in [-0.3, -0.25) is 0 Å². The van der Waals surface area contributed by atoms with E-state index in [0.29, 0.717) is 12.2 Å². The largest absolute Gasteiger partial charge is 0.392 e. The van der Waals surface area contributed by atoms with Crippen LogP contribution in [0.25, 0.3) is 0 Å². The van der Waals surface area contributed by atoms with E-state index in [9.17, 15) is 4.39 Å². The molecule has 1 atom stereocenters. The van der Waals surface area contributed by atoms with Gasteiger partial charge >= 0.3 is 0 Å². The number of hydrogen-bond donors (Lipinski definition) is 2. The molecular formula is C9H10Cl2FNO. The molecule has 0 fully saturated rings. The van der Waals surface area contributed by atoms with Gasteiger partial charge in [-0.25, -0.2) is 4.39 Å². The Morgan fingerprint density at radius 3 is 2.36 bits per heavy atom. The molecule has 1 aromatic carbocycles. The second kappa shape index (κ2) is 4.82. The molecule has 1 unspecified atom stereocenters. The number of rotatable bonds is 3. The van der Waals surface area contributed by atoms with E-state index in [-0.39, 0.29) is 10.0 Å². The highest BCUT2D eigenvalue weighted by molar-refractivity contribution is 6.39. The highest BCUT2D eigenvalue weighted by Gasteiger charge is 2.08. The maximum atomic E-state index is 12.8. The first-order valence-electron chi connectivity index (χ1n) is 4.07. The second-order valence-electron chi connectivity index (χ2n) is 2.97. The Labute approximate surface area is 91.6 Å². The van der Waals surface area contributed by atoms with E-state index < -0.39 is 11.9 Å².